The lowest BCUT2D eigenvalue weighted by Gasteiger charge is -2.29. The molecule has 5 rings (SSSR count). The lowest BCUT2D eigenvalue weighted by molar-refractivity contribution is 0.336. The minimum absolute atomic E-state index is 0.582. The molecule has 9 heteroatoms. The zero-order chi connectivity index (χ0) is 24.4. The van der Waals surface area contributed by atoms with Gasteiger partial charge in [-0.1, -0.05) is 22.6 Å². The summed E-state index contributed by atoms with van der Waals surface area (Å²) in [6.07, 6.45) is 8.06. The summed E-state index contributed by atoms with van der Waals surface area (Å²) in [5, 5.41) is 4.27. The van der Waals surface area contributed by atoms with Gasteiger partial charge in [0.05, 0.1) is 47.4 Å². The molecular weight excluding hydrogens is 555 g/mol. The molecule has 4 aromatic rings. The molecule has 0 amide bonds. The number of methoxy groups -OCH3 is 2. The first-order chi connectivity index (χ1) is 17.0. The highest BCUT2D eigenvalue weighted by atomic mass is 127. The van der Waals surface area contributed by atoms with E-state index in [2.05, 4.69) is 66.7 Å². The highest BCUT2D eigenvalue weighted by molar-refractivity contribution is 14.1. The maximum atomic E-state index is 5.57. The van der Waals surface area contributed by atoms with Gasteiger partial charge >= 0.3 is 0 Å². The number of aromatic nitrogens is 4. The fourth-order valence-electron chi connectivity index (χ4n) is 4.48. The predicted octanol–water partition coefficient (Wildman–Crippen LogP) is 5.04. The van der Waals surface area contributed by atoms with E-state index in [1.807, 2.05) is 31.6 Å². The Bertz CT molecular complexity index is 1300. The molecule has 35 heavy (non-hydrogen) atoms. The molecule has 0 spiro atoms. The van der Waals surface area contributed by atoms with Crippen LogP contribution in [0.1, 0.15) is 12.8 Å². The van der Waals surface area contributed by atoms with Crippen molar-refractivity contribution in [2.45, 2.75) is 16.9 Å². The fourth-order valence-corrected chi connectivity index (χ4v) is 5.48. The molecule has 0 radical (unpaired) electrons. The van der Waals surface area contributed by atoms with Crippen LogP contribution in [0.4, 0.5) is 11.4 Å². The normalized spacial score (nSPS) is 16.1. The summed E-state index contributed by atoms with van der Waals surface area (Å²) in [4.78, 5) is 14.4. The molecule has 8 nitrogen and oxygen atoms in total. The van der Waals surface area contributed by atoms with Crippen molar-refractivity contribution in [2.24, 2.45) is 7.05 Å². The molecule has 1 aliphatic heterocycles. The number of halogens is 1. The van der Waals surface area contributed by atoms with E-state index < -0.39 is 0 Å². The van der Waals surface area contributed by atoms with E-state index in [0.717, 1.165) is 64.8 Å². The molecule has 182 valence electrons. The molecule has 2 aromatic heterocycles. The average molecular weight is 584 g/mol. The number of alkyl halides is 1. The molecular formula is C26H29IN6O2. The molecule has 1 fully saturated rings. The standard InChI is InChI=1S/C26H29IN6O2/c1-31-17-18(15-29-31)25-16-28-23-7-6-19(13-24(23)30-25)33(10-9-32-8-4-5-26(32)27)20-11-21(34-2)14-22(12-20)35-3/h6-7,11-17,26H,4-5,8-10H2,1-3H3/t26-/m0/s1. The highest BCUT2D eigenvalue weighted by Gasteiger charge is 2.23. The van der Waals surface area contributed by atoms with E-state index in [0.29, 0.717) is 4.05 Å². The number of hydrogen-bond acceptors (Lipinski definition) is 7. The topological polar surface area (TPSA) is 68.5 Å². The van der Waals surface area contributed by atoms with Crippen molar-refractivity contribution in [1.82, 2.24) is 24.6 Å². The molecule has 0 aliphatic carbocycles. The number of rotatable bonds is 8. The van der Waals surface area contributed by atoms with E-state index in [4.69, 9.17) is 14.5 Å². The molecule has 2 aromatic carbocycles. The van der Waals surface area contributed by atoms with E-state index >= 15 is 0 Å². The summed E-state index contributed by atoms with van der Waals surface area (Å²) in [6.45, 7) is 2.93. The smallest absolute Gasteiger partial charge is 0.124 e. The van der Waals surface area contributed by atoms with Crippen LogP contribution in [0, 0.1) is 0 Å². The first-order valence-electron chi connectivity index (χ1n) is 11.7. The van der Waals surface area contributed by atoms with Crippen LogP contribution in [0.15, 0.2) is 55.0 Å². The van der Waals surface area contributed by atoms with Crippen LogP contribution in [0.25, 0.3) is 22.3 Å². The lowest BCUT2D eigenvalue weighted by Crippen LogP contribution is -2.33. The summed E-state index contributed by atoms with van der Waals surface area (Å²) in [5.74, 6) is 1.52. The minimum atomic E-state index is 0.582. The van der Waals surface area contributed by atoms with Crippen molar-refractivity contribution in [2.75, 3.05) is 38.8 Å². The van der Waals surface area contributed by atoms with Crippen molar-refractivity contribution in [1.29, 1.82) is 0 Å². The third kappa shape index (κ3) is 5.20. The molecule has 0 N–H and O–H groups in total. The third-order valence-corrected chi connectivity index (χ3v) is 7.79. The van der Waals surface area contributed by atoms with Crippen LogP contribution in [0.2, 0.25) is 0 Å². The maximum absolute atomic E-state index is 5.57. The Morgan fingerprint density at radius 2 is 1.83 bits per heavy atom. The molecule has 0 bridgehead atoms. The van der Waals surface area contributed by atoms with Crippen molar-refractivity contribution < 1.29 is 9.47 Å². The highest BCUT2D eigenvalue weighted by Crippen LogP contribution is 2.34. The van der Waals surface area contributed by atoms with Crippen LogP contribution >= 0.6 is 22.6 Å². The first-order valence-corrected chi connectivity index (χ1v) is 12.9. The second-order valence-electron chi connectivity index (χ2n) is 8.67. The van der Waals surface area contributed by atoms with Crippen LogP contribution < -0.4 is 14.4 Å². The van der Waals surface area contributed by atoms with Crippen LogP contribution in [-0.2, 0) is 7.05 Å². The van der Waals surface area contributed by atoms with Crippen molar-refractivity contribution in [3.63, 3.8) is 0 Å². The Balaban J connectivity index is 1.54. The molecule has 0 saturated carbocycles. The average Bonchev–Trinajstić information content (AvgIpc) is 3.51. The largest absolute Gasteiger partial charge is 0.497 e. The Labute approximate surface area is 219 Å². The summed E-state index contributed by atoms with van der Waals surface area (Å²) in [6, 6.07) is 12.3. The number of hydrogen-bond donors (Lipinski definition) is 0. The van der Waals surface area contributed by atoms with Gasteiger partial charge in [-0.15, -0.1) is 0 Å². The zero-order valence-corrected chi connectivity index (χ0v) is 22.3. The van der Waals surface area contributed by atoms with Gasteiger partial charge in [-0.2, -0.15) is 5.10 Å². The quantitative estimate of drug-likeness (QED) is 0.163. The van der Waals surface area contributed by atoms with Crippen molar-refractivity contribution in [3.8, 4) is 22.8 Å². The molecule has 1 atom stereocenters. The van der Waals surface area contributed by atoms with Gasteiger partial charge < -0.3 is 14.4 Å². The zero-order valence-electron chi connectivity index (χ0n) is 20.2. The first kappa shape index (κ1) is 23.8. The molecule has 3 heterocycles. The van der Waals surface area contributed by atoms with Crippen LogP contribution in [0.5, 0.6) is 11.5 Å². The summed E-state index contributed by atoms with van der Waals surface area (Å²) in [7, 11) is 5.26. The second-order valence-corrected chi connectivity index (χ2v) is 10.1. The van der Waals surface area contributed by atoms with Gasteiger partial charge in [0, 0.05) is 61.5 Å². The summed E-state index contributed by atoms with van der Waals surface area (Å²) >= 11 is 2.56. The Hall–Kier alpha value is -2.92. The Kier molecular flexibility index (Phi) is 7.05. The number of benzene rings is 2. The van der Waals surface area contributed by atoms with Gasteiger partial charge in [-0.25, -0.2) is 4.98 Å². The van der Waals surface area contributed by atoms with Crippen molar-refractivity contribution in [3.05, 3.63) is 55.0 Å². The Morgan fingerprint density at radius 3 is 2.49 bits per heavy atom. The van der Waals surface area contributed by atoms with Gasteiger partial charge in [0.25, 0.3) is 0 Å². The number of ether oxygens (including phenoxy) is 2. The van der Waals surface area contributed by atoms with Crippen LogP contribution in [0.3, 0.4) is 0 Å². The molecule has 1 aliphatic rings. The van der Waals surface area contributed by atoms with Crippen LogP contribution in [-0.4, -0.2) is 62.6 Å². The Morgan fingerprint density at radius 1 is 1.03 bits per heavy atom. The third-order valence-electron chi connectivity index (χ3n) is 6.38. The van der Waals surface area contributed by atoms with Gasteiger partial charge in [-0.05, 0) is 37.6 Å². The van der Waals surface area contributed by atoms with Gasteiger partial charge in [0.2, 0.25) is 0 Å². The second kappa shape index (κ2) is 10.4. The SMILES string of the molecule is COc1cc(OC)cc(N(CCN2CCC[C@H]2I)c2ccc3ncc(-c4cnn(C)c4)nc3c2)c1. The lowest BCUT2D eigenvalue weighted by atomic mass is 10.2. The number of likely N-dealkylation sites (tertiary alicyclic amines) is 1. The monoisotopic (exact) mass is 584 g/mol. The number of nitrogens with zero attached hydrogens (tertiary/aromatic N) is 6. The summed E-state index contributed by atoms with van der Waals surface area (Å²) in [5.41, 5.74) is 5.52. The fraction of sp³-hybridized carbons (Fsp3) is 0.346. The van der Waals surface area contributed by atoms with Gasteiger partial charge in [0.1, 0.15) is 11.5 Å². The molecule has 1 saturated heterocycles. The van der Waals surface area contributed by atoms with E-state index in [9.17, 15) is 0 Å². The predicted molar refractivity (Wildman–Crippen MR) is 147 cm³/mol. The maximum Gasteiger partial charge on any atom is 0.124 e. The summed E-state index contributed by atoms with van der Waals surface area (Å²) < 4.78 is 13.5. The number of anilines is 2. The van der Waals surface area contributed by atoms with Gasteiger partial charge in [0.15, 0.2) is 0 Å². The van der Waals surface area contributed by atoms with E-state index in [1.54, 1.807) is 25.1 Å². The molecule has 0 unspecified atom stereocenters. The number of aryl methyl sites for hydroxylation is 1. The van der Waals surface area contributed by atoms with E-state index in [1.165, 1.54) is 12.8 Å². The van der Waals surface area contributed by atoms with Crippen molar-refractivity contribution >= 4 is 45.0 Å². The van der Waals surface area contributed by atoms with E-state index in [-0.39, 0.29) is 0 Å². The van der Waals surface area contributed by atoms with Gasteiger partial charge in [-0.3, -0.25) is 14.6 Å². The minimum Gasteiger partial charge on any atom is -0.497 e. The number of fused-ring (bicyclic) bond motifs is 1.